The molecule has 0 aliphatic carbocycles. The molecule has 0 radical (unpaired) electrons. The van der Waals surface area contributed by atoms with Crippen molar-refractivity contribution in [2.75, 3.05) is 32.2 Å². The van der Waals surface area contributed by atoms with Gasteiger partial charge in [-0.1, -0.05) is 12.1 Å². The normalized spacial score (nSPS) is 10.7. The van der Waals surface area contributed by atoms with Gasteiger partial charge in [0.15, 0.2) is 5.96 Å². The third-order valence-corrected chi connectivity index (χ3v) is 3.10. The van der Waals surface area contributed by atoms with Crippen LogP contribution in [0.15, 0.2) is 29.3 Å². The van der Waals surface area contributed by atoms with Gasteiger partial charge in [0.1, 0.15) is 5.75 Å². The molecule has 0 spiro atoms. The van der Waals surface area contributed by atoms with Crippen LogP contribution in [0.4, 0.5) is 0 Å². The van der Waals surface area contributed by atoms with Crippen LogP contribution in [0.25, 0.3) is 0 Å². The van der Waals surface area contributed by atoms with Gasteiger partial charge in [-0.3, -0.25) is 4.99 Å². The van der Waals surface area contributed by atoms with Crippen LogP contribution < -0.4 is 15.4 Å². The molecular formula is C14H24IN3OS. The van der Waals surface area contributed by atoms with Gasteiger partial charge in [0.2, 0.25) is 0 Å². The molecule has 1 rings (SSSR count). The summed E-state index contributed by atoms with van der Waals surface area (Å²) in [5.41, 5.74) is 1.18. The second kappa shape index (κ2) is 12.1. The minimum atomic E-state index is 0. The lowest BCUT2D eigenvalue weighted by molar-refractivity contribution is 0.340. The molecule has 2 N–H and O–H groups in total. The number of rotatable bonds is 7. The number of nitrogens with one attached hydrogen (secondary N) is 2. The second-order valence-corrected chi connectivity index (χ2v) is 4.91. The molecule has 0 saturated carbocycles. The number of hydrogen-bond donors (Lipinski definition) is 2. The Morgan fingerprint density at radius 2 is 2.15 bits per heavy atom. The van der Waals surface area contributed by atoms with Crippen molar-refractivity contribution in [3.63, 3.8) is 0 Å². The van der Waals surface area contributed by atoms with Crippen LogP contribution in [-0.4, -0.2) is 38.2 Å². The monoisotopic (exact) mass is 409 g/mol. The summed E-state index contributed by atoms with van der Waals surface area (Å²) in [4.78, 5) is 4.19. The number of benzene rings is 1. The molecule has 6 heteroatoms. The van der Waals surface area contributed by atoms with Crippen LogP contribution in [0.2, 0.25) is 0 Å². The lowest BCUT2D eigenvalue weighted by atomic mass is 10.2. The predicted molar refractivity (Wildman–Crippen MR) is 99.6 cm³/mol. The van der Waals surface area contributed by atoms with E-state index >= 15 is 0 Å². The van der Waals surface area contributed by atoms with E-state index in [0.717, 1.165) is 30.6 Å². The zero-order valence-electron chi connectivity index (χ0n) is 12.3. The number of hydrogen-bond acceptors (Lipinski definition) is 3. The number of nitrogens with zero attached hydrogens (tertiary/aromatic N) is 1. The molecule has 0 aliphatic heterocycles. The zero-order chi connectivity index (χ0) is 13.9. The number of thioether (sulfide) groups is 1. The van der Waals surface area contributed by atoms with E-state index in [9.17, 15) is 0 Å². The first-order chi connectivity index (χ1) is 9.30. The quantitative estimate of drug-likeness (QED) is 0.315. The lowest BCUT2D eigenvalue weighted by Gasteiger charge is -2.12. The van der Waals surface area contributed by atoms with E-state index in [1.807, 2.05) is 36.9 Å². The molecule has 0 heterocycles. The number of guanidine groups is 1. The van der Waals surface area contributed by atoms with Crippen molar-refractivity contribution in [3.05, 3.63) is 29.8 Å². The summed E-state index contributed by atoms with van der Waals surface area (Å²) >= 11 is 1.81. The van der Waals surface area contributed by atoms with Gasteiger partial charge in [-0.2, -0.15) is 11.8 Å². The van der Waals surface area contributed by atoms with E-state index in [-0.39, 0.29) is 24.0 Å². The molecule has 0 aliphatic rings. The van der Waals surface area contributed by atoms with Gasteiger partial charge in [0, 0.05) is 25.9 Å². The van der Waals surface area contributed by atoms with E-state index in [2.05, 4.69) is 27.9 Å². The van der Waals surface area contributed by atoms with E-state index in [1.165, 1.54) is 5.56 Å². The van der Waals surface area contributed by atoms with Crippen molar-refractivity contribution in [3.8, 4) is 5.75 Å². The third kappa shape index (κ3) is 7.84. The fraction of sp³-hybridized carbons (Fsp3) is 0.500. The van der Waals surface area contributed by atoms with Crippen LogP contribution in [0.1, 0.15) is 12.5 Å². The Balaban J connectivity index is 0.00000361. The fourth-order valence-electron chi connectivity index (χ4n) is 1.59. The average Bonchev–Trinajstić information content (AvgIpc) is 2.43. The van der Waals surface area contributed by atoms with Crippen molar-refractivity contribution in [2.45, 2.75) is 13.5 Å². The maximum Gasteiger partial charge on any atom is 0.191 e. The molecule has 20 heavy (non-hydrogen) atoms. The Labute approximate surface area is 143 Å². The molecule has 0 fully saturated rings. The van der Waals surface area contributed by atoms with Crippen LogP contribution in [0.3, 0.4) is 0 Å². The van der Waals surface area contributed by atoms with Gasteiger partial charge in [0.05, 0.1) is 6.61 Å². The summed E-state index contributed by atoms with van der Waals surface area (Å²) in [5, 5.41) is 6.56. The highest BCUT2D eigenvalue weighted by atomic mass is 127. The lowest BCUT2D eigenvalue weighted by Crippen LogP contribution is -2.37. The summed E-state index contributed by atoms with van der Waals surface area (Å²) in [6.45, 7) is 4.33. The maximum atomic E-state index is 5.48. The third-order valence-electron chi connectivity index (χ3n) is 2.49. The molecule has 0 aromatic heterocycles. The number of ether oxygens (including phenoxy) is 1. The Kier molecular flexibility index (Phi) is 11.8. The van der Waals surface area contributed by atoms with E-state index in [0.29, 0.717) is 6.61 Å². The highest BCUT2D eigenvalue weighted by Crippen LogP contribution is 2.12. The molecule has 0 bridgehead atoms. The molecule has 4 nitrogen and oxygen atoms in total. The first-order valence-corrected chi connectivity index (χ1v) is 7.84. The van der Waals surface area contributed by atoms with Crippen molar-refractivity contribution in [1.29, 1.82) is 0 Å². The Morgan fingerprint density at radius 1 is 1.35 bits per heavy atom. The summed E-state index contributed by atoms with van der Waals surface area (Å²) in [6, 6.07) is 8.10. The van der Waals surface area contributed by atoms with Gasteiger partial charge in [0.25, 0.3) is 0 Å². The summed E-state index contributed by atoms with van der Waals surface area (Å²) in [6.07, 6.45) is 2.09. The Bertz CT molecular complexity index is 402. The topological polar surface area (TPSA) is 45.6 Å². The fourth-order valence-corrected chi connectivity index (χ4v) is 1.90. The van der Waals surface area contributed by atoms with Crippen molar-refractivity contribution in [1.82, 2.24) is 10.6 Å². The highest BCUT2D eigenvalue weighted by Gasteiger charge is 1.99. The highest BCUT2D eigenvalue weighted by molar-refractivity contribution is 14.0. The van der Waals surface area contributed by atoms with Crippen LogP contribution in [-0.2, 0) is 6.54 Å². The van der Waals surface area contributed by atoms with Gasteiger partial charge in [-0.05, 0) is 30.9 Å². The zero-order valence-corrected chi connectivity index (χ0v) is 15.5. The van der Waals surface area contributed by atoms with E-state index < -0.39 is 0 Å². The molecule has 1 aromatic rings. The largest absolute Gasteiger partial charge is 0.494 e. The minimum absolute atomic E-state index is 0. The molecule has 0 atom stereocenters. The van der Waals surface area contributed by atoms with Crippen molar-refractivity contribution < 1.29 is 4.74 Å². The predicted octanol–water partition coefficient (Wildman–Crippen LogP) is 2.73. The van der Waals surface area contributed by atoms with E-state index in [1.54, 1.807) is 7.05 Å². The maximum absolute atomic E-state index is 5.48. The molecule has 0 unspecified atom stereocenters. The average molecular weight is 409 g/mol. The Morgan fingerprint density at radius 3 is 2.80 bits per heavy atom. The SMILES string of the molecule is CCOc1cccc(CNC(=NC)NCCSC)c1.I. The minimum Gasteiger partial charge on any atom is -0.494 e. The van der Waals surface area contributed by atoms with Crippen LogP contribution >= 0.6 is 35.7 Å². The van der Waals surface area contributed by atoms with Crippen molar-refractivity contribution >= 4 is 41.7 Å². The Hall–Kier alpha value is -0.630. The van der Waals surface area contributed by atoms with Gasteiger partial charge in [-0.25, -0.2) is 0 Å². The van der Waals surface area contributed by atoms with Crippen molar-refractivity contribution in [2.24, 2.45) is 4.99 Å². The van der Waals surface area contributed by atoms with Gasteiger partial charge in [-0.15, -0.1) is 24.0 Å². The number of aliphatic imine (C=N–C) groups is 1. The first-order valence-electron chi connectivity index (χ1n) is 6.45. The van der Waals surface area contributed by atoms with Crippen LogP contribution in [0, 0.1) is 0 Å². The molecule has 0 saturated heterocycles. The molecule has 114 valence electrons. The smallest absolute Gasteiger partial charge is 0.191 e. The summed E-state index contributed by atoms with van der Waals surface area (Å²) in [7, 11) is 1.78. The molecule has 0 amide bonds. The van der Waals surface area contributed by atoms with Gasteiger partial charge < -0.3 is 15.4 Å². The molecule has 1 aromatic carbocycles. The first kappa shape index (κ1) is 19.4. The molecular weight excluding hydrogens is 385 g/mol. The summed E-state index contributed by atoms with van der Waals surface area (Å²) < 4.78 is 5.48. The van der Waals surface area contributed by atoms with Crippen LogP contribution in [0.5, 0.6) is 5.75 Å². The standard InChI is InChI=1S/C14H23N3OS.HI/c1-4-18-13-7-5-6-12(10-13)11-17-14(15-2)16-8-9-19-3;/h5-7,10H,4,8-9,11H2,1-3H3,(H2,15,16,17);1H. The van der Waals surface area contributed by atoms with E-state index in [4.69, 9.17) is 4.74 Å². The summed E-state index contributed by atoms with van der Waals surface area (Å²) in [5.74, 6) is 2.81. The van der Waals surface area contributed by atoms with Gasteiger partial charge >= 0.3 is 0 Å². The number of halogens is 1. The second-order valence-electron chi connectivity index (χ2n) is 3.93.